The van der Waals surface area contributed by atoms with Crippen LogP contribution in [0.15, 0.2) is 60.3 Å². The average molecular weight is 498 g/mol. The molecule has 4 unspecified atom stereocenters. The molecule has 2 aromatic carbocycles. The predicted octanol–water partition coefficient (Wildman–Crippen LogP) is 4.62. The van der Waals surface area contributed by atoms with Crippen LogP contribution >= 0.6 is 0 Å². The number of carbonyl (C=O) groups excluding carboxylic acids is 2. The molecule has 2 heterocycles. The summed E-state index contributed by atoms with van der Waals surface area (Å²) in [4.78, 5) is 28.2. The van der Waals surface area contributed by atoms with E-state index < -0.39 is 0 Å². The lowest BCUT2D eigenvalue weighted by atomic mass is 9.79. The van der Waals surface area contributed by atoms with Crippen LogP contribution in [0.25, 0.3) is 22.5 Å². The number of aromatic nitrogens is 4. The first-order chi connectivity index (χ1) is 17.9. The summed E-state index contributed by atoms with van der Waals surface area (Å²) in [6.45, 7) is 7.13. The summed E-state index contributed by atoms with van der Waals surface area (Å²) in [6.07, 6.45) is 3.77. The molecule has 3 aromatic rings. The molecule has 8 heteroatoms. The van der Waals surface area contributed by atoms with Crippen molar-refractivity contribution in [2.75, 3.05) is 6.61 Å². The molecular weight excluding hydrogens is 466 g/mol. The summed E-state index contributed by atoms with van der Waals surface area (Å²) in [5.41, 5.74) is 4.87. The number of benzene rings is 2. The number of nitrogens with zero attached hydrogens (tertiary/aromatic N) is 4. The Labute approximate surface area is 216 Å². The van der Waals surface area contributed by atoms with Crippen molar-refractivity contribution in [3.63, 3.8) is 0 Å². The van der Waals surface area contributed by atoms with E-state index in [1.165, 1.54) is 0 Å². The van der Waals surface area contributed by atoms with Gasteiger partial charge in [-0.2, -0.15) is 5.21 Å². The van der Waals surface area contributed by atoms with Gasteiger partial charge in [0.15, 0.2) is 0 Å². The fourth-order valence-corrected chi connectivity index (χ4v) is 7.19. The van der Waals surface area contributed by atoms with Gasteiger partial charge in [-0.05, 0) is 58.9 Å². The van der Waals surface area contributed by atoms with Crippen LogP contribution in [-0.2, 0) is 20.9 Å². The Hall–Kier alpha value is -3.81. The molecule has 190 valence electrons. The quantitative estimate of drug-likeness (QED) is 0.394. The van der Waals surface area contributed by atoms with Crippen molar-refractivity contribution in [1.29, 1.82) is 0 Å². The molecule has 6 rings (SSSR count). The number of tetrazole rings is 1. The number of nitrogens with one attached hydrogen (secondary N) is 1. The number of allylic oxidation sites excluding steroid dienone is 1. The van der Waals surface area contributed by atoms with Gasteiger partial charge in [-0.15, -0.1) is 10.2 Å². The topological polar surface area (TPSA) is 101 Å². The highest BCUT2D eigenvalue weighted by Gasteiger charge is 2.66. The van der Waals surface area contributed by atoms with E-state index in [-0.39, 0.29) is 29.1 Å². The summed E-state index contributed by atoms with van der Waals surface area (Å²) in [6, 6.07) is 16.1. The monoisotopic (exact) mass is 497 g/mol. The molecule has 0 spiro atoms. The van der Waals surface area contributed by atoms with Crippen LogP contribution in [0.3, 0.4) is 0 Å². The molecule has 1 aromatic heterocycles. The third kappa shape index (κ3) is 3.77. The van der Waals surface area contributed by atoms with Crippen LogP contribution in [0, 0.1) is 29.1 Å². The third-order valence-corrected chi connectivity index (χ3v) is 8.83. The van der Waals surface area contributed by atoms with E-state index in [0.29, 0.717) is 30.8 Å². The molecule has 37 heavy (non-hydrogen) atoms. The molecule has 2 bridgehead atoms. The van der Waals surface area contributed by atoms with E-state index in [1.807, 2.05) is 41.3 Å². The fraction of sp³-hybridized carbons (Fsp3) is 0.414. The first-order valence-electron chi connectivity index (χ1n) is 13.0. The molecule has 2 saturated carbocycles. The molecule has 8 nitrogen and oxygen atoms in total. The van der Waals surface area contributed by atoms with Gasteiger partial charge in [0.05, 0.1) is 19.1 Å². The number of fused-ring (bicyclic) bond motifs is 5. The van der Waals surface area contributed by atoms with Crippen LogP contribution in [0.4, 0.5) is 0 Å². The molecular formula is C29H31N5O3. The zero-order chi connectivity index (χ0) is 25.7. The van der Waals surface area contributed by atoms with Gasteiger partial charge in [0, 0.05) is 23.3 Å². The van der Waals surface area contributed by atoms with Gasteiger partial charge in [-0.3, -0.25) is 4.79 Å². The number of H-pyrrole nitrogens is 1. The normalized spacial score (nSPS) is 26.6. The Morgan fingerprint density at radius 2 is 1.78 bits per heavy atom. The van der Waals surface area contributed by atoms with E-state index in [1.54, 1.807) is 13.0 Å². The lowest BCUT2D eigenvalue weighted by Crippen LogP contribution is -2.32. The van der Waals surface area contributed by atoms with E-state index in [9.17, 15) is 9.59 Å². The Balaban J connectivity index is 1.30. The molecule has 4 atom stereocenters. The van der Waals surface area contributed by atoms with E-state index in [0.717, 1.165) is 40.8 Å². The molecule has 1 amide bonds. The van der Waals surface area contributed by atoms with Crippen LogP contribution in [0.1, 0.15) is 39.2 Å². The minimum Gasteiger partial charge on any atom is -0.463 e. The van der Waals surface area contributed by atoms with E-state index in [4.69, 9.17) is 4.74 Å². The standard InChI is InChI=1S/C29H31N5O3/c1-4-37-24(35)15-23-25-21-13-14-22(29(21,2)3)26(25)28(36)34(23)16-17-9-11-18(12-10-17)19-7-5-6-8-20(19)27-30-32-33-31-27/h5-12,15,21-22,25-26H,4,13-14,16H2,1-3H3,(H,30,31,32,33)/b23-15+. The van der Waals surface area contributed by atoms with Gasteiger partial charge in [0.25, 0.3) is 0 Å². The van der Waals surface area contributed by atoms with E-state index >= 15 is 0 Å². The van der Waals surface area contributed by atoms with Crippen molar-refractivity contribution in [3.05, 3.63) is 65.9 Å². The molecule has 3 fully saturated rings. The SMILES string of the molecule is CCOC(=O)/C=C1\C2C(C(=O)N1Cc1ccc(-c3ccccc3-c3nn[nH]n3)cc1)C1CCC2C1(C)C. The lowest BCUT2D eigenvalue weighted by molar-refractivity contribution is -0.137. The first kappa shape index (κ1) is 23.6. The Morgan fingerprint density at radius 3 is 2.46 bits per heavy atom. The van der Waals surface area contributed by atoms with Crippen molar-refractivity contribution in [3.8, 4) is 22.5 Å². The number of rotatable bonds is 6. The molecule has 1 saturated heterocycles. The minimum atomic E-state index is -0.370. The molecule has 2 aliphatic carbocycles. The van der Waals surface area contributed by atoms with Crippen molar-refractivity contribution in [1.82, 2.24) is 25.5 Å². The van der Waals surface area contributed by atoms with Gasteiger partial charge in [-0.1, -0.05) is 62.4 Å². The second kappa shape index (κ2) is 8.94. The largest absolute Gasteiger partial charge is 0.463 e. The number of hydrogen-bond donors (Lipinski definition) is 1. The van der Waals surface area contributed by atoms with Crippen LogP contribution in [0.2, 0.25) is 0 Å². The van der Waals surface area contributed by atoms with Gasteiger partial charge >= 0.3 is 5.97 Å². The first-order valence-corrected chi connectivity index (χ1v) is 13.0. The van der Waals surface area contributed by atoms with E-state index in [2.05, 4.69) is 46.6 Å². The summed E-state index contributed by atoms with van der Waals surface area (Å²) in [5.74, 6) is 1.12. The molecule has 1 N–H and O–H groups in total. The highest BCUT2D eigenvalue weighted by molar-refractivity contribution is 5.90. The van der Waals surface area contributed by atoms with Crippen molar-refractivity contribution in [2.45, 2.75) is 40.2 Å². The second-order valence-corrected chi connectivity index (χ2v) is 10.9. The zero-order valence-electron chi connectivity index (χ0n) is 21.3. The number of aromatic amines is 1. The number of hydrogen-bond acceptors (Lipinski definition) is 6. The molecule has 1 aliphatic heterocycles. The van der Waals surface area contributed by atoms with Crippen molar-refractivity contribution in [2.24, 2.45) is 29.1 Å². The number of ether oxygens (including phenoxy) is 1. The van der Waals surface area contributed by atoms with Gasteiger partial charge < -0.3 is 9.64 Å². The van der Waals surface area contributed by atoms with Gasteiger partial charge in [0.1, 0.15) is 0 Å². The Kier molecular flexibility index (Phi) is 5.70. The van der Waals surface area contributed by atoms with Gasteiger partial charge in [0.2, 0.25) is 11.7 Å². The summed E-state index contributed by atoms with van der Waals surface area (Å²) in [5, 5.41) is 14.5. The number of carbonyl (C=O) groups is 2. The molecule has 0 radical (unpaired) electrons. The Bertz CT molecular complexity index is 1360. The van der Waals surface area contributed by atoms with Crippen LogP contribution in [-0.4, -0.2) is 44.0 Å². The zero-order valence-corrected chi connectivity index (χ0v) is 21.3. The van der Waals surface area contributed by atoms with Crippen molar-refractivity contribution < 1.29 is 14.3 Å². The average Bonchev–Trinajstić information content (AvgIpc) is 3.64. The van der Waals surface area contributed by atoms with Crippen LogP contribution < -0.4 is 0 Å². The molecule has 3 aliphatic rings. The number of amides is 1. The number of esters is 1. The van der Waals surface area contributed by atoms with Crippen LogP contribution in [0.5, 0.6) is 0 Å². The highest BCUT2D eigenvalue weighted by atomic mass is 16.5. The van der Waals surface area contributed by atoms with Crippen molar-refractivity contribution >= 4 is 11.9 Å². The third-order valence-electron chi connectivity index (χ3n) is 8.83. The maximum atomic E-state index is 13.8. The summed E-state index contributed by atoms with van der Waals surface area (Å²) < 4.78 is 5.25. The fourth-order valence-electron chi connectivity index (χ4n) is 7.19. The summed E-state index contributed by atoms with van der Waals surface area (Å²) in [7, 11) is 0. The smallest absolute Gasteiger partial charge is 0.332 e. The highest BCUT2D eigenvalue weighted by Crippen LogP contribution is 2.67. The maximum Gasteiger partial charge on any atom is 0.332 e. The predicted molar refractivity (Wildman–Crippen MR) is 137 cm³/mol. The summed E-state index contributed by atoms with van der Waals surface area (Å²) >= 11 is 0. The number of likely N-dealkylation sites (tertiary alicyclic amines) is 1. The maximum absolute atomic E-state index is 13.8. The minimum absolute atomic E-state index is 0.0458. The second-order valence-electron chi connectivity index (χ2n) is 10.9. The van der Waals surface area contributed by atoms with Gasteiger partial charge in [-0.25, -0.2) is 4.79 Å². The lowest BCUT2D eigenvalue weighted by Gasteiger charge is -2.30. The Morgan fingerprint density at radius 1 is 1.08 bits per heavy atom.